The van der Waals surface area contributed by atoms with Crippen LogP contribution in [-0.4, -0.2) is 19.9 Å². The third-order valence-electron chi connectivity index (χ3n) is 6.99. The molecule has 0 bridgehead atoms. The first kappa shape index (κ1) is 16.0. The first-order chi connectivity index (χ1) is 11.7. The molecule has 24 heavy (non-hydrogen) atoms. The van der Waals surface area contributed by atoms with Gasteiger partial charge in [-0.1, -0.05) is 24.9 Å². The Kier molecular flexibility index (Phi) is 4.06. The standard InChI is InChI=1S/C21H28NO2/c1-21-10-5-4-6-19(21)18-13-20(22-24-3)16-8-7-14(23-2)12-17(16)15(18)9-11-21/h8,12,15,18-19H,4-6,9-11,13H2,1-3H3/b22-20+/t15-,18-,19+,21+/m1/s1. The van der Waals surface area contributed by atoms with Gasteiger partial charge in [-0.25, -0.2) is 0 Å². The number of methoxy groups -OCH3 is 1. The lowest BCUT2D eigenvalue weighted by molar-refractivity contribution is 0.00371. The van der Waals surface area contributed by atoms with E-state index >= 15 is 0 Å². The highest BCUT2D eigenvalue weighted by Gasteiger charge is 2.50. The van der Waals surface area contributed by atoms with Crippen LogP contribution in [0.15, 0.2) is 17.3 Å². The van der Waals surface area contributed by atoms with Gasteiger partial charge in [0.2, 0.25) is 0 Å². The van der Waals surface area contributed by atoms with Crippen LogP contribution in [0, 0.1) is 23.3 Å². The number of fused-ring (bicyclic) bond motifs is 5. The van der Waals surface area contributed by atoms with E-state index in [-0.39, 0.29) is 0 Å². The quantitative estimate of drug-likeness (QED) is 0.721. The van der Waals surface area contributed by atoms with Crippen molar-refractivity contribution >= 4 is 5.71 Å². The molecule has 2 saturated carbocycles. The van der Waals surface area contributed by atoms with Crippen molar-refractivity contribution in [1.82, 2.24) is 0 Å². The topological polar surface area (TPSA) is 30.8 Å². The highest BCUT2D eigenvalue weighted by molar-refractivity contribution is 6.03. The van der Waals surface area contributed by atoms with Crippen molar-refractivity contribution in [2.24, 2.45) is 22.4 Å². The molecule has 0 amide bonds. The first-order valence-corrected chi connectivity index (χ1v) is 9.36. The molecule has 0 saturated heterocycles. The van der Waals surface area contributed by atoms with E-state index in [2.05, 4.69) is 30.3 Å². The fourth-order valence-electron chi connectivity index (χ4n) is 5.81. The van der Waals surface area contributed by atoms with Gasteiger partial charge in [0.05, 0.1) is 12.8 Å². The number of hydrogen-bond acceptors (Lipinski definition) is 3. The Morgan fingerprint density at radius 2 is 2.08 bits per heavy atom. The Morgan fingerprint density at radius 1 is 1.21 bits per heavy atom. The number of nitrogens with zero attached hydrogens (tertiary/aromatic N) is 1. The van der Waals surface area contributed by atoms with Crippen LogP contribution in [0.5, 0.6) is 5.75 Å². The Morgan fingerprint density at radius 3 is 2.88 bits per heavy atom. The van der Waals surface area contributed by atoms with Crippen molar-refractivity contribution in [1.29, 1.82) is 0 Å². The highest BCUT2D eigenvalue weighted by atomic mass is 16.6. The van der Waals surface area contributed by atoms with E-state index in [9.17, 15) is 0 Å². The van der Waals surface area contributed by atoms with Gasteiger partial charge in [0.1, 0.15) is 12.9 Å². The second-order valence-electron chi connectivity index (χ2n) is 8.11. The molecule has 3 aliphatic rings. The van der Waals surface area contributed by atoms with Crippen molar-refractivity contribution in [2.75, 3.05) is 14.2 Å². The summed E-state index contributed by atoms with van der Waals surface area (Å²) in [5.74, 6) is 2.98. The zero-order chi connectivity index (χ0) is 16.7. The SMILES string of the molecule is CO/N=C1\C[C@@H]2[C@H](CC[C@]3(C)CCCC[C@@H]23)c2cc(OC)[c]cc21. The summed E-state index contributed by atoms with van der Waals surface area (Å²) in [4.78, 5) is 5.18. The van der Waals surface area contributed by atoms with E-state index in [0.717, 1.165) is 23.8 Å². The minimum atomic E-state index is 0.528. The second-order valence-corrected chi connectivity index (χ2v) is 8.11. The van der Waals surface area contributed by atoms with E-state index < -0.39 is 0 Å². The molecule has 129 valence electrons. The van der Waals surface area contributed by atoms with Crippen molar-refractivity contribution in [3.8, 4) is 5.75 Å². The monoisotopic (exact) mass is 326 g/mol. The Balaban J connectivity index is 1.78. The Bertz CT molecular complexity index is 653. The van der Waals surface area contributed by atoms with E-state index in [0.29, 0.717) is 17.3 Å². The molecule has 0 aliphatic heterocycles. The smallest absolute Gasteiger partial charge is 0.127 e. The molecular weight excluding hydrogens is 298 g/mol. The largest absolute Gasteiger partial charge is 0.496 e. The van der Waals surface area contributed by atoms with Gasteiger partial charge in [-0.05, 0) is 73.0 Å². The molecule has 4 rings (SSSR count). The summed E-state index contributed by atoms with van der Waals surface area (Å²) in [6.07, 6.45) is 9.27. The minimum Gasteiger partial charge on any atom is -0.496 e. The van der Waals surface area contributed by atoms with E-state index in [1.807, 2.05) is 0 Å². The summed E-state index contributed by atoms with van der Waals surface area (Å²) in [5, 5.41) is 4.39. The first-order valence-electron chi connectivity index (χ1n) is 9.36. The lowest BCUT2D eigenvalue weighted by atomic mass is 9.50. The molecule has 1 radical (unpaired) electrons. The lowest BCUT2D eigenvalue weighted by Crippen LogP contribution is -2.45. The summed E-state index contributed by atoms with van der Waals surface area (Å²) in [6.45, 7) is 2.54. The van der Waals surface area contributed by atoms with Gasteiger partial charge in [0.25, 0.3) is 0 Å². The number of oxime groups is 1. The molecule has 0 heterocycles. The number of benzene rings is 1. The molecule has 3 aliphatic carbocycles. The second kappa shape index (κ2) is 6.09. The van der Waals surface area contributed by atoms with Gasteiger partial charge < -0.3 is 9.57 Å². The Hall–Kier alpha value is -1.51. The Labute approximate surface area is 145 Å². The predicted octanol–water partition coefficient (Wildman–Crippen LogP) is 4.94. The van der Waals surface area contributed by atoms with Crippen LogP contribution in [0.25, 0.3) is 0 Å². The van der Waals surface area contributed by atoms with Gasteiger partial charge in [-0.2, -0.15) is 0 Å². The van der Waals surface area contributed by atoms with Crippen molar-refractivity contribution in [3.05, 3.63) is 29.3 Å². The summed E-state index contributed by atoms with van der Waals surface area (Å²) < 4.78 is 5.45. The maximum absolute atomic E-state index is 5.45. The maximum atomic E-state index is 5.45. The van der Waals surface area contributed by atoms with Gasteiger partial charge >= 0.3 is 0 Å². The summed E-state index contributed by atoms with van der Waals surface area (Å²) in [5.41, 5.74) is 4.26. The fourth-order valence-corrected chi connectivity index (χ4v) is 5.81. The van der Waals surface area contributed by atoms with Crippen LogP contribution < -0.4 is 4.74 Å². The van der Waals surface area contributed by atoms with Crippen LogP contribution in [0.2, 0.25) is 0 Å². The third kappa shape index (κ3) is 2.44. The fraction of sp³-hybridized carbons (Fsp3) is 0.667. The van der Waals surface area contributed by atoms with Gasteiger partial charge in [0.15, 0.2) is 0 Å². The number of ether oxygens (including phenoxy) is 1. The van der Waals surface area contributed by atoms with Crippen molar-refractivity contribution in [2.45, 2.75) is 57.8 Å². The van der Waals surface area contributed by atoms with Gasteiger partial charge in [0, 0.05) is 11.6 Å². The number of hydrogen-bond donors (Lipinski definition) is 0. The maximum Gasteiger partial charge on any atom is 0.127 e. The van der Waals surface area contributed by atoms with Gasteiger partial charge in [-0.3, -0.25) is 0 Å². The van der Waals surface area contributed by atoms with E-state index in [1.165, 1.54) is 49.7 Å². The molecule has 0 spiro atoms. The van der Waals surface area contributed by atoms with E-state index in [4.69, 9.17) is 9.57 Å². The van der Waals surface area contributed by atoms with Gasteiger partial charge in [-0.15, -0.1) is 0 Å². The van der Waals surface area contributed by atoms with Crippen LogP contribution >= 0.6 is 0 Å². The predicted molar refractivity (Wildman–Crippen MR) is 95.5 cm³/mol. The molecule has 4 atom stereocenters. The third-order valence-corrected chi connectivity index (χ3v) is 6.99. The molecule has 3 heteroatoms. The molecule has 0 unspecified atom stereocenters. The van der Waals surface area contributed by atoms with Crippen molar-refractivity contribution in [3.63, 3.8) is 0 Å². The van der Waals surface area contributed by atoms with Crippen LogP contribution in [-0.2, 0) is 4.84 Å². The summed E-state index contributed by atoms with van der Waals surface area (Å²) in [7, 11) is 3.37. The normalized spacial score (nSPS) is 36.5. The number of rotatable bonds is 2. The zero-order valence-electron chi connectivity index (χ0n) is 15.1. The molecular formula is C21H28NO2. The highest BCUT2D eigenvalue weighted by Crippen LogP contribution is 2.59. The minimum absolute atomic E-state index is 0.528. The molecule has 0 aromatic heterocycles. The van der Waals surface area contributed by atoms with Crippen molar-refractivity contribution < 1.29 is 9.57 Å². The molecule has 0 N–H and O–H groups in total. The molecule has 1 aromatic carbocycles. The zero-order valence-corrected chi connectivity index (χ0v) is 15.1. The van der Waals surface area contributed by atoms with Crippen LogP contribution in [0.3, 0.4) is 0 Å². The molecule has 1 aromatic rings. The summed E-state index contributed by atoms with van der Waals surface area (Å²) >= 11 is 0. The molecule has 2 fully saturated rings. The average Bonchev–Trinajstić information content (AvgIpc) is 2.61. The average molecular weight is 326 g/mol. The summed E-state index contributed by atoms with van der Waals surface area (Å²) in [6, 6.07) is 7.49. The lowest BCUT2D eigenvalue weighted by Gasteiger charge is -2.54. The van der Waals surface area contributed by atoms with Crippen LogP contribution in [0.1, 0.15) is 68.9 Å². The van der Waals surface area contributed by atoms with E-state index in [1.54, 1.807) is 14.2 Å². The van der Waals surface area contributed by atoms with Crippen LogP contribution in [0.4, 0.5) is 0 Å². The molecule has 3 nitrogen and oxygen atoms in total.